The smallest absolute Gasteiger partial charge is 0.267 e. The number of benzene rings is 2. The fourth-order valence-corrected chi connectivity index (χ4v) is 2.07. The van der Waals surface area contributed by atoms with Gasteiger partial charge in [-0.1, -0.05) is 17.3 Å². The predicted octanol–water partition coefficient (Wildman–Crippen LogP) is 3.69. The number of amides is 2. The van der Waals surface area contributed by atoms with Crippen molar-refractivity contribution in [1.29, 1.82) is 0 Å². The molecule has 2 aromatic carbocycles. The van der Waals surface area contributed by atoms with E-state index in [1.165, 1.54) is 19.9 Å². The van der Waals surface area contributed by atoms with Gasteiger partial charge in [0.2, 0.25) is 12.0 Å². The summed E-state index contributed by atoms with van der Waals surface area (Å²) in [6.45, 7) is 4.60. The van der Waals surface area contributed by atoms with Crippen molar-refractivity contribution in [3.63, 3.8) is 0 Å². The molecule has 0 aliphatic heterocycles. The van der Waals surface area contributed by atoms with E-state index in [0.717, 1.165) is 17.7 Å². The lowest BCUT2D eigenvalue weighted by Gasteiger charge is -2.12. The molecule has 2 rings (SSSR count). The average molecular weight is 375 g/mol. The maximum atomic E-state index is 13.2. The summed E-state index contributed by atoms with van der Waals surface area (Å²) in [5.41, 5.74) is 2.04. The van der Waals surface area contributed by atoms with Crippen molar-refractivity contribution < 1.29 is 23.2 Å². The highest BCUT2D eigenvalue weighted by atomic mass is 19.2. The zero-order valence-electron chi connectivity index (χ0n) is 15.0. The number of nitrogens with one attached hydrogen (secondary N) is 2. The van der Waals surface area contributed by atoms with Crippen molar-refractivity contribution in [3.8, 4) is 0 Å². The van der Waals surface area contributed by atoms with Gasteiger partial charge in [0.15, 0.2) is 11.6 Å². The van der Waals surface area contributed by atoms with Crippen LogP contribution in [0, 0.1) is 11.6 Å². The maximum absolute atomic E-state index is 13.2. The molecule has 1 atom stereocenters. The van der Waals surface area contributed by atoms with E-state index >= 15 is 0 Å². The molecule has 0 radical (unpaired) electrons. The van der Waals surface area contributed by atoms with Gasteiger partial charge in [0.05, 0.1) is 5.71 Å². The van der Waals surface area contributed by atoms with Crippen LogP contribution in [0.15, 0.2) is 47.6 Å². The number of carbonyl (C=O) groups is 2. The Balaban J connectivity index is 1.95. The summed E-state index contributed by atoms with van der Waals surface area (Å²) in [7, 11) is 0. The Hall–Kier alpha value is -3.29. The van der Waals surface area contributed by atoms with Gasteiger partial charge in [0, 0.05) is 24.4 Å². The van der Waals surface area contributed by atoms with Gasteiger partial charge in [-0.25, -0.2) is 8.78 Å². The normalized spacial score (nSPS) is 12.3. The molecule has 0 aromatic heterocycles. The third-order valence-corrected chi connectivity index (χ3v) is 3.53. The Kier molecular flexibility index (Phi) is 6.59. The van der Waals surface area contributed by atoms with Crippen LogP contribution in [-0.4, -0.2) is 23.6 Å². The summed E-state index contributed by atoms with van der Waals surface area (Å²) >= 11 is 0. The number of rotatable bonds is 6. The van der Waals surface area contributed by atoms with Crippen LogP contribution in [0.1, 0.15) is 26.3 Å². The molecule has 0 bridgehead atoms. The second-order valence-corrected chi connectivity index (χ2v) is 5.80. The lowest BCUT2D eigenvalue weighted by molar-refractivity contribution is -0.126. The van der Waals surface area contributed by atoms with E-state index < -0.39 is 23.6 Å². The molecule has 0 saturated heterocycles. The van der Waals surface area contributed by atoms with E-state index in [-0.39, 0.29) is 11.6 Å². The third kappa shape index (κ3) is 5.88. The Labute approximate surface area is 155 Å². The average Bonchev–Trinajstić information content (AvgIpc) is 2.62. The molecule has 6 nitrogen and oxygen atoms in total. The number of halogens is 2. The van der Waals surface area contributed by atoms with Gasteiger partial charge in [-0.15, -0.1) is 0 Å². The minimum Gasteiger partial charge on any atom is -0.382 e. The van der Waals surface area contributed by atoms with Gasteiger partial charge in [0.1, 0.15) is 0 Å². The summed E-state index contributed by atoms with van der Waals surface area (Å²) in [6, 6.07) is 9.98. The minimum atomic E-state index is -1.06. The molecule has 0 aliphatic rings. The summed E-state index contributed by atoms with van der Waals surface area (Å²) in [6.07, 6.45) is -0.952. The maximum Gasteiger partial charge on any atom is 0.267 e. The standard InChI is InChI=1S/C19H19F2N3O3/c1-11(14-4-6-15(7-5-14)22-13(3)25)24-27-12(2)19(26)23-16-8-9-17(20)18(21)10-16/h4-10,12H,1-3H3,(H,22,25)(H,23,26)/b24-11+. The highest BCUT2D eigenvalue weighted by molar-refractivity contribution is 5.99. The molecule has 142 valence electrons. The van der Waals surface area contributed by atoms with E-state index in [2.05, 4.69) is 15.8 Å². The molecular formula is C19H19F2N3O3. The zero-order chi connectivity index (χ0) is 20.0. The molecule has 0 heterocycles. The monoisotopic (exact) mass is 375 g/mol. The van der Waals surface area contributed by atoms with Crippen LogP contribution in [0.25, 0.3) is 0 Å². The number of hydrogen-bond acceptors (Lipinski definition) is 4. The summed E-state index contributed by atoms with van der Waals surface area (Å²) < 4.78 is 26.1. The first-order chi connectivity index (χ1) is 12.8. The van der Waals surface area contributed by atoms with Crippen LogP contribution in [-0.2, 0) is 14.4 Å². The van der Waals surface area contributed by atoms with Crippen molar-refractivity contribution in [2.75, 3.05) is 10.6 Å². The minimum absolute atomic E-state index is 0.114. The topological polar surface area (TPSA) is 79.8 Å². The van der Waals surface area contributed by atoms with Crippen molar-refractivity contribution in [2.24, 2.45) is 5.16 Å². The molecule has 8 heteroatoms. The fraction of sp³-hybridized carbons (Fsp3) is 0.211. The Morgan fingerprint density at radius 1 is 0.963 bits per heavy atom. The quantitative estimate of drug-likeness (QED) is 0.597. The first-order valence-corrected chi connectivity index (χ1v) is 8.10. The van der Waals surface area contributed by atoms with Crippen LogP contribution in [0.5, 0.6) is 0 Å². The molecular weight excluding hydrogens is 356 g/mol. The van der Waals surface area contributed by atoms with Gasteiger partial charge in [0.25, 0.3) is 5.91 Å². The Morgan fingerprint density at radius 2 is 1.59 bits per heavy atom. The number of carbonyl (C=O) groups excluding carboxylic acids is 2. The molecule has 0 aliphatic carbocycles. The molecule has 2 aromatic rings. The molecule has 2 N–H and O–H groups in total. The van der Waals surface area contributed by atoms with Crippen LogP contribution in [0.3, 0.4) is 0 Å². The van der Waals surface area contributed by atoms with E-state index in [9.17, 15) is 18.4 Å². The molecule has 2 amide bonds. The van der Waals surface area contributed by atoms with Gasteiger partial charge >= 0.3 is 0 Å². The van der Waals surface area contributed by atoms with Crippen LogP contribution in [0.2, 0.25) is 0 Å². The van der Waals surface area contributed by atoms with Crippen molar-refractivity contribution in [2.45, 2.75) is 26.9 Å². The Bertz CT molecular complexity index is 867. The number of anilines is 2. The summed E-state index contributed by atoms with van der Waals surface area (Å²) in [5, 5.41) is 8.99. The van der Waals surface area contributed by atoms with Crippen LogP contribution in [0.4, 0.5) is 20.2 Å². The van der Waals surface area contributed by atoms with Gasteiger partial charge in [-0.05, 0) is 43.7 Å². The van der Waals surface area contributed by atoms with Crippen molar-refractivity contribution in [3.05, 3.63) is 59.7 Å². The van der Waals surface area contributed by atoms with E-state index in [1.54, 1.807) is 31.2 Å². The zero-order valence-corrected chi connectivity index (χ0v) is 15.0. The van der Waals surface area contributed by atoms with E-state index in [1.807, 2.05) is 0 Å². The number of hydrogen-bond donors (Lipinski definition) is 2. The second kappa shape index (κ2) is 8.88. The second-order valence-electron chi connectivity index (χ2n) is 5.80. The SMILES string of the molecule is CC(=O)Nc1ccc(/C(C)=N/OC(C)C(=O)Nc2ccc(F)c(F)c2)cc1. The van der Waals surface area contributed by atoms with Crippen LogP contribution < -0.4 is 10.6 Å². The highest BCUT2D eigenvalue weighted by Gasteiger charge is 2.15. The largest absolute Gasteiger partial charge is 0.382 e. The predicted molar refractivity (Wildman–Crippen MR) is 98.5 cm³/mol. The van der Waals surface area contributed by atoms with Gasteiger partial charge in [-0.2, -0.15) is 0 Å². The van der Waals surface area contributed by atoms with Gasteiger partial charge in [-0.3, -0.25) is 9.59 Å². The molecule has 0 fully saturated rings. The number of oxime groups is 1. The fourth-order valence-electron chi connectivity index (χ4n) is 2.07. The van der Waals surface area contributed by atoms with Gasteiger partial charge < -0.3 is 15.5 Å². The molecule has 1 unspecified atom stereocenters. The summed E-state index contributed by atoms with van der Waals surface area (Å²) in [5.74, 6) is -2.78. The van der Waals surface area contributed by atoms with E-state index in [4.69, 9.17) is 4.84 Å². The van der Waals surface area contributed by atoms with E-state index in [0.29, 0.717) is 11.4 Å². The highest BCUT2D eigenvalue weighted by Crippen LogP contribution is 2.14. The molecule has 0 spiro atoms. The third-order valence-electron chi connectivity index (χ3n) is 3.53. The van der Waals surface area contributed by atoms with Crippen molar-refractivity contribution in [1.82, 2.24) is 0 Å². The first-order valence-electron chi connectivity index (χ1n) is 8.10. The number of nitrogens with zero attached hydrogens (tertiary/aromatic N) is 1. The Morgan fingerprint density at radius 3 is 2.19 bits per heavy atom. The molecule has 0 saturated carbocycles. The molecule has 27 heavy (non-hydrogen) atoms. The first kappa shape index (κ1) is 20.0. The lowest BCUT2D eigenvalue weighted by Crippen LogP contribution is -2.26. The van der Waals surface area contributed by atoms with Crippen molar-refractivity contribution >= 4 is 28.9 Å². The van der Waals surface area contributed by atoms with Crippen LogP contribution >= 0.6 is 0 Å². The lowest BCUT2D eigenvalue weighted by atomic mass is 10.1. The summed E-state index contributed by atoms with van der Waals surface area (Å²) in [4.78, 5) is 28.2.